The van der Waals surface area contributed by atoms with Crippen molar-refractivity contribution < 1.29 is 19.4 Å². The van der Waals surface area contributed by atoms with E-state index in [1.165, 1.54) is 0 Å². The molecule has 0 amide bonds. The molecule has 3 rings (SSSR count). The van der Waals surface area contributed by atoms with Gasteiger partial charge in [0, 0.05) is 28.9 Å². The lowest BCUT2D eigenvalue weighted by molar-refractivity contribution is -0.141. The standard InChI is InChI=1S/C17H19NO4/c1-21-15-8-13(14-7-10(9-18-14)17(19)20)16(22-2)12-6-4-3-5-11(12)15/h3-6,8,10,14,18H,7,9H2,1-2H3,(H,19,20). The van der Waals surface area contributed by atoms with E-state index in [0.29, 0.717) is 13.0 Å². The van der Waals surface area contributed by atoms with Crippen molar-refractivity contribution >= 4 is 16.7 Å². The van der Waals surface area contributed by atoms with E-state index < -0.39 is 5.97 Å². The van der Waals surface area contributed by atoms with Crippen LogP contribution in [0.3, 0.4) is 0 Å². The normalized spacial score (nSPS) is 21.0. The van der Waals surface area contributed by atoms with Gasteiger partial charge in [0.05, 0.1) is 20.1 Å². The monoisotopic (exact) mass is 301 g/mol. The number of methoxy groups -OCH3 is 2. The number of nitrogens with one attached hydrogen (secondary N) is 1. The molecule has 1 heterocycles. The average molecular weight is 301 g/mol. The van der Waals surface area contributed by atoms with Crippen LogP contribution in [0.4, 0.5) is 0 Å². The van der Waals surface area contributed by atoms with Crippen LogP contribution in [-0.2, 0) is 4.79 Å². The number of carbonyl (C=O) groups is 1. The van der Waals surface area contributed by atoms with E-state index in [2.05, 4.69) is 5.32 Å². The predicted molar refractivity (Wildman–Crippen MR) is 83.5 cm³/mol. The maximum absolute atomic E-state index is 11.2. The van der Waals surface area contributed by atoms with E-state index in [-0.39, 0.29) is 12.0 Å². The second-order valence-corrected chi connectivity index (χ2v) is 5.48. The Hall–Kier alpha value is -2.27. The maximum atomic E-state index is 11.2. The van der Waals surface area contributed by atoms with E-state index in [0.717, 1.165) is 27.8 Å². The molecule has 0 spiro atoms. The molecule has 5 nitrogen and oxygen atoms in total. The molecule has 116 valence electrons. The smallest absolute Gasteiger partial charge is 0.307 e. The van der Waals surface area contributed by atoms with Crippen molar-refractivity contribution in [1.82, 2.24) is 5.32 Å². The Bertz CT molecular complexity index is 713. The first-order chi connectivity index (χ1) is 10.7. The molecule has 2 atom stereocenters. The van der Waals surface area contributed by atoms with E-state index >= 15 is 0 Å². The van der Waals surface area contributed by atoms with Crippen molar-refractivity contribution in [3.05, 3.63) is 35.9 Å². The molecule has 1 aliphatic rings. The molecule has 22 heavy (non-hydrogen) atoms. The highest BCUT2D eigenvalue weighted by Crippen LogP contribution is 2.42. The van der Waals surface area contributed by atoms with Crippen LogP contribution >= 0.6 is 0 Å². The molecule has 2 aromatic carbocycles. The van der Waals surface area contributed by atoms with Crippen molar-refractivity contribution in [2.24, 2.45) is 5.92 Å². The van der Waals surface area contributed by atoms with Gasteiger partial charge >= 0.3 is 5.97 Å². The largest absolute Gasteiger partial charge is 0.496 e. The van der Waals surface area contributed by atoms with Gasteiger partial charge in [0.2, 0.25) is 0 Å². The minimum atomic E-state index is -0.762. The van der Waals surface area contributed by atoms with Gasteiger partial charge in [-0.3, -0.25) is 4.79 Å². The molecular weight excluding hydrogens is 282 g/mol. The van der Waals surface area contributed by atoms with Crippen LogP contribution in [-0.4, -0.2) is 31.8 Å². The summed E-state index contributed by atoms with van der Waals surface area (Å²) in [5.41, 5.74) is 0.946. The fourth-order valence-corrected chi connectivity index (χ4v) is 3.15. The molecular formula is C17H19NO4. The van der Waals surface area contributed by atoms with Crippen molar-refractivity contribution in [2.75, 3.05) is 20.8 Å². The Labute approximate surface area is 128 Å². The zero-order chi connectivity index (χ0) is 15.7. The van der Waals surface area contributed by atoms with Gasteiger partial charge in [0.15, 0.2) is 0 Å². The topological polar surface area (TPSA) is 67.8 Å². The SMILES string of the molecule is COc1cc(C2CC(C(=O)O)CN2)c(OC)c2ccccc12. The Morgan fingerprint density at radius 2 is 1.95 bits per heavy atom. The highest BCUT2D eigenvalue weighted by Gasteiger charge is 2.32. The molecule has 1 fully saturated rings. The molecule has 0 saturated carbocycles. The van der Waals surface area contributed by atoms with Gasteiger partial charge < -0.3 is 19.9 Å². The van der Waals surface area contributed by atoms with E-state index in [1.807, 2.05) is 30.3 Å². The highest BCUT2D eigenvalue weighted by atomic mass is 16.5. The number of ether oxygens (including phenoxy) is 2. The molecule has 1 aliphatic heterocycles. The maximum Gasteiger partial charge on any atom is 0.307 e. The lowest BCUT2D eigenvalue weighted by Gasteiger charge is -2.19. The fraction of sp³-hybridized carbons (Fsp3) is 0.353. The van der Waals surface area contributed by atoms with Crippen molar-refractivity contribution in [2.45, 2.75) is 12.5 Å². The number of aliphatic carboxylic acids is 1. The number of fused-ring (bicyclic) bond motifs is 1. The number of hydrogen-bond donors (Lipinski definition) is 2. The molecule has 0 aliphatic carbocycles. The summed E-state index contributed by atoms with van der Waals surface area (Å²) < 4.78 is 11.1. The van der Waals surface area contributed by atoms with Crippen LogP contribution < -0.4 is 14.8 Å². The van der Waals surface area contributed by atoms with Crippen LogP contribution in [0.15, 0.2) is 30.3 Å². The van der Waals surface area contributed by atoms with Crippen molar-refractivity contribution in [1.29, 1.82) is 0 Å². The van der Waals surface area contributed by atoms with Crippen LogP contribution in [0.5, 0.6) is 11.5 Å². The minimum Gasteiger partial charge on any atom is -0.496 e. The molecule has 2 N–H and O–H groups in total. The minimum absolute atomic E-state index is 0.0467. The molecule has 0 radical (unpaired) electrons. The second kappa shape index (κ2) is 5.85. The first kappa shape index (κ1) is 14.7. The van der Waals surface area contributed by atoms with Crippen molar-refractivity contribution in [3.8, 4) is 11.5 Å². The summed E-state index contributed by atoms with van der Waals surface area (Å²) in [5, 5.41) is 14.4. The van der Waals surface area contributed by atoms with Gasteiger partial charge in [-0.2, -0.15) is 0 Å². The highest BCUT2D eigenvalue weighted by molar-refractivity contribution is 5.94. The molecule has 2 unspecified atom stereocenters. The summed E-state index contributed by atoms with van der Waals surface area (Å²) in [4.78, 5) is 11.2. The third-order valence-corrected chi connectivity index (χ3v) is 4.27. The number of rotatable bonds is 4. The first-order valence-corrected chi connectivity index (χ1v) is 7.25. The summed E-state index contributed by atoms with van der Waals surface area (Å²) >= 11 is 0. The van der Waals surface area contributed by atoms with E-state index in [4.69, 9.17) is 9.47 Å². The van der Waals surface area contributed by atoms with Crippen LogP contribution in [0.2, 0.25) is 0 Å². The van der Waals surface area contributed by atoms with Gasteiger partial charge in [-0.05, 0) is 12.5 Å². The molecule has 1 saturated heterocycles. The Balaban J connectivity index is 2.11. The van der Waals surface area contributed by atoms with Gasteiger partial charge in [0.25, 0.3) is 0 Å². The van der Waals surface area contributed by atoms with Gasteiger partial charge in [-0.15, -0.1) is 0 Å². The average Bonchev–Trinajstić information content (AvgIpc) is 3.03. The first-order valence-electron chi connectivity index (χ1n) is 7.25. The third kappa shape index (κ3) is 2.37. The summed E-state index contributed by atoms with van der Waals surface area (Å²) in [6.45, 7) is 0.471. The number of carboxylic acid groups (broad SMARTS) is 1. The van der Waals surface area contributed by atoms with Crippen molar-refractivity contribution in [3.63, 3.8) is 0 Å². The Morgan fingerprint density at radius 1 is 1.23 bits per heavy atom. The number of benzene rings is 2. The molecule has 0 aromatic heterocycles. The third-order valence-electron chi connectivity index (χ3n) is 4.27. The van der Waals surface area contributed by atoms with Crippen LogP contribution in [0.1, 0.15) is 18.0 Å². The van der Waals surface area contributed by atoms with Gasteiger partial charge in [-0.1, -0.05) is 24.3 Å². The fourth-order valence-electron chi connectivity index (χ4n) is 3.15. The number of carboxylic acids is 1. The van der Waals surface area contributed by atoms with E-state index in [9.17, 15) is 9.90 Å². The summed E-state index contributed by atoms with van der Waals surface area (Å²) in [6, 6.07) is 9.79. The van der Waals surface area contributed by atoms with Gasteiger partial charge in [-0.25, -0.2) is 0 Å². The zero-order valence-corrected chi connectivity index (χ0v) is 12.6. The second-order valence-electron chi connectivity index (χ2n) is 5.48. The van der Waals surface area contributed by atoms with Crippen LogP contribution in [0, 0.1) is 5.92 Å². The predicted octanol–water partition coefficient (Wildman–Crippen LogP) is 2.59. The lowest BCUT2D eigenvalue weighted by atomic mass is 9.95. The van der Waals surface area contributed by atoms with Gasteiger partial charge in [0.1, 0.15) is 11.5 Å². The lowest BCUT2D eigenvalue weighted by Crippen LogP contribution is -2.17. The quantitative estimate of drug-likeness (QED) is 0.908. The summed E-state index contributed by atoms with van der Waals surface area (Å²) in [7, 11) is 3.28. The van der Waals surface area contributed by atoms with Crippen LogP contribution in [0.25, 0.3) is 10.8 Å². The summed E-state index contributed by atoms with van der Waals surface area (Å²) in [5.74, 6) is 0.417. The summed E-state index contributed by atoms with van der Waals surface area (Å²) in [6.07, 6.45) is 0.549. The molecule has 0 bridgehead atoms. The Morgan fingerprint density at radius 3 is 2.55 bits per heavy atom. The number of hydrogen-bond acceptors (Lipinski definition) is 4. The molecule has 5 heteroatoms. The Kier molecular flexibility index (Phi) is 3.90. The zero-order valence-electron chi connectivity index (χ0n) is 12.6. The van der Waals surface area contributed by atoms with E-state index in [1.54, 1.807) is 14.2 Å². The molecule has 2 aromatic rings.